The van der Waals surface area contributed by atoms with Crippen LogP contribution in [0.15, 0.2) is 6.07 Å². The highest BCUT2D eigenvalue weighted by Gasteiger charge is 2.10. The Morgan fingerprint density at radius 2 is 2.36 bits per heavy atom. The lowest BCUT2D eigenvalue weighted by Crippen LogP contribution is -2.28. The van der Waals surface area contributed by atoms with Gasteiger partial charge in [-0.3, -0.25) is 4.79 Å². The topological polar surface area (TPSA) is 55.1 Å². The molecular weight excluding hydrogens is 196 g/mol. The van der Waals surface area contributed by atoms with E-state index in [9.17, 15) is 4.79 Å². The molecule has 0 saturated carbocycles. The first-order chi connectivity index (χ1) is 6.69. The molecule has 0 saturated heterocycles. The van der Waals surface area contributed by atoms with Gasteiger partial charge >= 0.3 is 0 Å². The molecule has 1 heterocycles. The third-order valence-corrected chi connectivity index (χ3v) is 3.38. The van der Waals surface area contributed by atoms with E-state index in [1.54, 1.807) is 11.3 Å². The molecule has 1 aromatic rings. The second-order valence-corrected chi connectivity index (χ2v) is 4.25. The smallest absolute Gasteiger partial charge is 0.261 e. The van der Waals surface area contributed by atoms with Gasteiger partial charge in [0.25, 0.3) is 5.91 Å². The average molecular weight is 212 g/mol. The third kappa shape index (κ3) is 2.56. The Labute approximate surface area is 88.3 Å². The molecule has 0 bridgehead atoms. The van der Waals surface area contributed by atoms with Crippen molar-refractivity contribution >= 4 is 17.2 Å². The maximum Gasteiger partial charge on any atom is 0.261 e. The summed E-state index contributed by atoms with van der Waals surface area (Å²) >= 11 is 1.57. The van der Waals surface area contributed by atoms with Crippen LogP contribution in [0.2, 0.25) is 0 Å². The van der Waals surface area contributed by atoms with Crippen molar-refractivity contribution in [1.82, 2.24) is 5.32 Å². The fourth-order valence-electron chi connectivity index (χ4n) is 1.26. The van der Waals surface area contributed by atoms with Gasteiger partial charge in [-0.15, -0.1) is 11.3 Å². The predicted octanol–water partition coefficient (Wildman–Crippen LogP) is 1.31. The molecule has 1 amide bonds. The van der Waals surface area contributed by atoms with E-state index in [0.717, 1.165) is 11.3 Å². The summed E-state index contributed by atoms with van der Waals surface area (Å²) in [4.78, 5) is 13.6. The number of hydrogen-bond acceptors (Lipinski definition) is 3. The number of nitrogens with one attached hydrogen (secondary N) is 1. The number of nitrogens with two attached hydrogens (primary N) is 1. The molecule has 0 aliphatic rings. The second kappa shape index (κ2) is 5.12. The molecule has 78 valence electrons. The van der Waals surface area contributed by atoms with Crippen molar-refractivity contribution in [2.75, 3.05) is 13.1 Å². The minimum Gasteiger partial charge on any atom is -0.350 e. The van der Waals surface area contributed by atoms with Crippen LogP contribution in [0.1, 0.15) is 27.0 Å². The Balaban J connectivity index is 2.70. The molecule has 0 radical (unpaired) electrons. The summed E-state index contributed by atoms with van der Waals surface area (Å²) in [5.74, 6) is -0.0109. The average Bonchev–Trinajstić information content (AvgIpc) is 2.56. The first kappa shape index (κ1) is 11.2. The predicted molar refractivity (Wildman–Crippen MR) is 59.8 cm³/mol. The fraction of sp³-hybridized carbons (Fsp3) is 0.500. The summed E-state index contributed by atoms with van der Waals surface area (Å²) in [6.07, 6.45) is 0.987. The SMILES string of the molecule is CCc1sc(C(=O)NCCN)cc1C. The van der Waals surface area contributed by atoms with Crippen molar-refractivity contribution in [1.29, 1.82) is 0 Å². The minimum atomic E-state index is -0.0109. The Hall–Kier alpha value is -0.870. The van der Waals surface area contributed by atoms with Gasteiger partial charge in [0, 0.05) is 18.0 Å². The number of carbonyl (C=O) groups is 1. The van der Waals surface area contributed by atoms with Crippen LogP contribution >= 0.6 is 11.3 Å². The Bertz CT molecular complexity index is 320. The summed E-state index contributed by atoms with van der Waals surface area (Å²) in [7, 11) is 0. The normalized spacial score (nSPS) is 10.2. The summed E-state index contributed by atoms with van der Waals surface area (Å²) < 4.78 is 0. The monoisotopic (exact) mass is 212 g/mol. The fourth-order valence-corrected chi connectivity index (χ4v) is 2.29. The lowest BCUT2D eigenvalue weighted by Gasteiger charge is -1.99. The summed E-state index contributed by atoms with van der Waals surface area (Å²) in [5.41, 5.74) is 6.51. The third-order valence-electron chi connectivity index (χ3n) is 2.00. The number of hydrogen-bond donors (Lipinski definition) is 2. The minimum absolute atomic E-state index is 0.0109. The van der Waals surface area contributed by atoms with E-state index in [1.807, 2.05) is 13.0 Å². The number of thiophene rings is 1. The van der Waals surface area contributed by atoms with Crippen LogP contribution in [0, 0.1) is 6.92 Å². The van der Waals surface area contributed by atoms with Crippen LogP contribution in [-0.2, 0) is 6.42 Å². The molecule has 0 atom stereocenters. The van der Waals surface area contributed by atoms with E-state index in [2.05, 4.69) is 12.2 Å². The maximum atomic E-state index is 11.5. The maximum absolute atomic E-state index is 11.5. The second-order valence-electron chi connectivity index (χ2n) is 3.11. The zero-order valence-corrected chi connectivity index (χ0v) is 9.41. The molecule has 4 heteroatoms. The van der Waals surface area contributed by atoms with E-state index in [-0.39, 0.29) is 5.91 Å². The van der Waals surface area contributed by atoms with Gasteiger partial charge in [-0.2, -0.15) is 0 Å². The van der Waals surface area contributed by atoms with Crippen molar-refractivity contribution in [2.24, 2.45) is 5.73 Å². The number of amides is 1. The summed E-state index contributed by atoms with van der Waals surface area (Å²) in [5, 5.41) is 2.76. The molecule has 1 aromatic heterocycles. The van der Waals surface area contributed by atoms with Crippen LogP contribution in [0.4, 0.5) is 0 Å². The molecule has 3 nitrogen and oxygen atoms in total. The molecule has 0 aliphatic heterocycles. The molecule has 0 aliphatic carbocycles. The van der Waals surface area contributed by atoms with E-state index in [0.29, 0.717) is 13.1 Å². The van der Waals surface area contributed by atoms with E-state index >= 15 is 0 Å². The van der Waals surface area contributed by atoms with Crippen LogP contribution < -0.4 is 11.1 Å². The van der Waals surface area contributed by atoms with Crippen molar-refractivity contribution in [3.63, 3.8) is 0 Å². The van der Waals surface area contributed by atoms with Gasteiger partial charge in [-0.1, -0.05) is 6.92 Å². The first-order valence-corrected chi connectivity index (χ1v) is 5.58. The van der Waals surface area contributed by atoms with Gasteiger partial charge in [-0.05, 0) is 25.0 Å². The zero-order chi connectivity index (χ0) is 10.6. The van der Waals surface area contributed by atoms with E-state index in [4.69, 9.17) is 5.73 Å². The number of carbonyl (C=O) groups excluding carboxylic acids is 1. The van der Waals surface area contributed by atoms with E-state index < -0.39 is 0 Å². The van der Waals surface area contributed by atoms with Gasteiger partial charge in [0.1, 0.15) is 0 Å². The molecular formula is C10H16N2OS. The molecule has 0 spiro atoms. The Morgan fingerprint density at radius 1 is 1.64 bits per heavy atom. The van der Waals surface area contributed by atoms with Crippen molar-refractivity contribution < 1.29 is 4.79 Å². The highest BCUT2D eigenvalue weighted by atomic mass is 32.1. The Kier molecular flexibility index (Phi) is 4.10. The molecule has 3 N–H and O–H groups in total. The molecule has 0 fully saturated rings. The van der Waals surface area contributed by atoms with E-state index in [1.165, 1.54) is 10.4 Å². The Morgan fingerprint density at radius 3 is 2.86 bits per heavy atom. The van der Waals surface area contributed by atoms with Crippen LogP contribution in [-0.4, -0.2) is 19.0 Å². The van der Waals surface area contributed by atoms with Gasteiger partial charge in [-0.25, -0.2) is 0 Å². The first-order valence-electron chi connectivity index (χ1n) is 4.76. The van der Waals surface area contributed by atoms with Gasteiger partial charge in [0.2, 0.25) is 0 Å². The molecule has 0 unspecified atom stereocenters. The van der Waals surface area contributed by atoms with Crippen molar-refractivity contribution in [2.45, 2.75) is 20.3 Å². The summed E-state index contributed by atoms with van der Waals surface area (Å²) in [6.45, 7) is 5.16. The van der Waals surface area contributed by atoms with Gasteiger partial charge in [0.15, 0.2) is 0 Å². The van der Waals surface area contributed by atoms with Crippen molar-refractivity contribution in [3.8, 4) is 0 Å². The standard InChI is InChI=1S/C10H16N2OS/c1-3-8-7(2)6-9(14-8)10(13)12-5-4-11/h6H,3-5,11H2,1-2H3,(H,12,13). The highest BCUT2D eigenvalue weighted by molar-refractivity contribution is 7.14. The molecule has 0 aromatic carbocycles. The van der Waals surface area contributed by atoms with Crippen LogP contribution in [0.5, 0.6) is 0 Å². The van der Waals surface area contributed by atoms with Crippen molar-refractivity contribution in [3.05, 3.63) is 21.4 Å². The highest BCUT2D eigenvalue weighted by Crippen LogP contribution is 2.21. The van der Waals surface area contributed by atoms with Crippen LogP contribution in [0.3, 0.4) is 0 Å². The zero-order valence-electron chi connectivity index (χ0n) is 8.59. The lowest BCUT2D eigenvalue weighted by atomic mass is 10.2. The van der Waals surface area contributed by atoms with Crippen LogP contribution in [0.25, 0.3) is 0 Å². The molecule has 1 rings (SSSR count). The lowest BCUT2D eigenvalue weighted by molar-refractivity contribution is 0.0959. The number of aryl methyl sites for hydroxylation is 2. The molecule has 14 heavy (non-hydrogen) atoms. The largest absolute Gasteiger partial charge is 0.350 e. The summed E-state index contributed by atoms with van der Waals surface area (Å²) in [6, 6.07) is 1.94. The quantitative estimate of drug-likeness (QED) is 0.790. The van der Waals surface area contributed by atoms with Gasteiger partial charge in [0.05, 0.1) is 4.88 Å². The van der Waals surface area contributed by atoms with Gasteiger partial charge < -0.3 is 11.1 Å². The number of rotatable bonds is 4.